The Morgan fingerprint density at radius 3 is 2.58 bits per heavy atom. The van der Waals surface area contributed by atoms with E-state index in [-0.39, 0.29) is 23.1 Å². The number of carbonyl (C=O) groups excluding carboxylic acids is 2. The number of benzene rings is 1. The van der Waals surface area contributed by atoms with Crippen LogP contribution in [0.3, 0.4) is 0 Å². The Morgan fingerprint density at radius 1 is 1.19 bits per heavy atom. The van der Waals surface area contributed by atoms with Gasteiger partial charge in [0.15, 0.2) is 0 Å². The molecule has 0 saturated heterocycles. The predicted octanol–water partition coefficient (Wildman–Crippen LogP) is 3.21. The molecule has 1 aromatic heterocycles. The Hall–Kier alpha value is -3.29. The van der Waals surface area contributed by atoms with Crippen LogP contribution in [0.25, 0.3) is 0 Å². The summed E-state index contributed by atoms with van der Waals surface area (Å²) in [6, 6.07) is 6.43. The summed E-state index contributed by atoms with van der Waals surface area (Å²) in [6.45, 7) is 3.43. The van der Waals surface area contributed by atoms with E-state index in [1.807, 2.05) is 6.92 Å². The summed E-state index contributed by atoms with van der Waals surface area (Å²) in [6.07, 6.45) is 2.92. The fraction of sp³-hybridized carbons (Fsp3) is 0.278. The third kappa shape index (κ3) is 3.85. The van der Waals surface area contributed by atoms with Gasteiger partial charge in [0, 0.05) is 23.4 Å². The number of nitro groups is 1. The Balaban J connectivity index is 1.81. The molecule has 8 nitrogen and oxygen atoms in total. The van der Waals surface area contributed by atoms with Crippen molar-refractivity contribution < 1.29 is 14.5 Å². The van der Waals surface area contributed by atoms with Gasteiger partial charge in [-0.3, -0.25) is 24.7 Å². The van der Waals surface area contributed by atoms with Crippen molar-refractivity contribution in [3.8, 4) is 0 Å². The normalized spacial score (nSPS) is 13.2. The summed E-state index contributed by atoms with van der Waals surface area (Å²) in [5.74, 6) is -0.440. The summed E-state index contributed by atoms with van der Waals surface area (Å²) < 4.78 is 0. The number of aromatic nitrogens is 1. The van der Waals surface area contributed by atoms with Crippen molar-refractivity contribution in [3.05, 3.63) is 57.4 Å². The zero-order chi connectivity index (χ0) is 18.8. The molecule has 134 valence electrons. The molecule has 0 spiro atoms. The Kier molecular flexibility index (Phi) is 4.66. The lowest BCUT2D eigenvalue weighted by Gasteiger charge is -2.12. The number of rotatable bonds is 5. The molecule has 1 aromatic carbocycles. The molecule has 0 bridgehead atoms. The molecule has 2 amide bonds. The van der Waals surface area contributed by atoms with Gasteiger partial charge in [0.05, 0.1) is 16.2 Å². The van der Waals surface area contributed by atoms with Crippen LogP contribution in [-0.4, -0.2) is 21.7 Å². The van der Waals surface area contributed by atoms with E-state index in [1.165, 1.54) is 6.07 Å². The summed E-state index contributed by atoms with van der Waals surface area (Å²) in [5.41, 5.74) is 2.20. The minimum Gasteiger partial charge on any atom is -0.326 e. The first-order chi connectivity index (χ1) is 12.3. The molecule has 1 aliphatic rings. The molecule has 8 heteroatoms. The average molecular weight is 354 g/mol. The standard InChI is InChI=1S/C18H18N4O4/c1-10-3-6-13(20-17(23)12-4-5-12)7-16(10)21-18(24)15-8-14(22(25)26)9-19-11(15)2/h3,6-9,12H,4-5H2,1-2H3,(H,20,23)(H,21,24). The average Bonchev–Trinajstić information content (AvgIpc) is 3.43. The van der Waals surface area contributed by atoms with E-state index in [1.54, 1.807) is 25.1 Å². The van der Waals surface area contributed by atoms with Crippen LogP contribution < -0.4 is 10.6 Å². The Morgan fingerprint density at radius 2 is 1.92 bits per heavy atom. The van der Waals surface area contributed by atoms with Crippen LogP contribution in [0.2, 0.25) is 0 Å². The number of anilines is 2. The highest BCUT2D eigenvalue weighted by Crippen LogP contribution is 2.31. The molecule has 2 aromatic rings. The van der Waals surface area contributed by atoms with Gasteiger partial charge in [-0.25, -0.2) is 0 Å². The van der Waals surface area contributed by atoms with Crippen LogP contribution in [0.1, 0.15) is 34.5 Å². The zero-order valence-electron chi connectivity index (χ0n) is 14.4. The van der Waals surface area contributed by atoms with E-state index in [9.17, 15) is 19.7 Å². The first-order valence-electron chi connectivity index (χ1n) is 8.19. The van der Waals surface area contributed by atoms with E-state index in [0.717, 1.165) is 24.6 Å². The molecule has 0 aliphatic heterocycles. The molecule has 1 aliphatic carbocycles. The van der Waals surface area contributed by atoms with Gasteiger partial charge in [0.25, 0.3) is 11.6 Å². The number of amides is 2. The van der Waals surface area contributed by atoms with E-state index < -0.39 is 10.8 Å². The van der Waals surface area contributed by atoms with Crippen molar-refractivity contribution >= 4 is 28.9 Å². The second kappa shape index (κ2) is 6.91. The van der Waals surface area contributed by atoms with Gasteiger partial charge in [-0.15, -0.1) is 0 Å². The fourth-order valence-corrected chi connectivity index (χ4v) is 2.47. The summed E-state index contributed by atoms with van der Waals surface area (Å²) in [5, 5.41) is 16.5. The predicted molar refractivity (Wildman–Crippen MR) is 96.1 cm³/mol. The SMILES string of the molecule is Cc1ccc(NC(=O)C2CC2)cc1NC(=O)c1cc([N+](=O)[O-])cnc1C. The summed E-state index contributed by atoms with van der Waals surface area (Å²) >= 11 is 0. The second-order valence-corrected chi connectivity index (χ2v) is 6.33. The number of hydrogen-bond acceptors (Lipinski definition) is 5. The van der Waals surface area contributed by atoms with Crippen LogP contribution in [-0.2, 0) is 4.79 Å². The first kappa shape index (κ1) is 17.5. The lowest BCUT2D eigenvalue weighted by molar-refractivity contribution is -0.385. The van der Waals surface area contributed by atoms with Crippen LogP contribution in [0.5, 0.6) is 0 Å². The smallest absolute Gasteiger partial charge is 0.288 e. The number of carbonyl (C=O) groups is 2. The maximum absolute atomic E-state index is 12.6. The third-order valence-corrected chi connectivity index (χ3v) is 4.23. The monoisotopic (exact) mass is 354 g/mol. The minimum atomic E-state index is -0.595. The van der Waals surface area contributed by atoms with Gasteiger partial charge in [-0.2, -0.15) is 0 Å². The molecule has 26 heavy (non-hydrogen) atoms. The van der Waals surface area contributed by atoms with Crippen LogP contribution >= 0.6 is 0 Å². The molecular weight excluding hydrogens is 336 g/mol. The topological polar surface area (TPSA) is 114 Å². The maximum atomic E-state index is 12.6. The first-order valence-corrected chi connectivity index (χ1v) is 8.19. The lowest BCUT2D eigenvalue weighted by Crippen LogP contribution is -2.16. The van der Waals surface area contributed by atoms with Gasteiger partial charge in [0.1, 0.15) is 6.20 Å². The van der Waals surface area contributed by atoms with Gasteiger partial charge in [-0.05, 0) is 44.4 Å². The van der Waals surface area contributed by atoms with Crippen molar-refractivity contribution in [1.82, 2.24) is 4.98 Å². The lowest BCUT2D eigenvalue weighted by atomic mass is 10.1. The summed E-state index contributed by atoms with van der Waals surface area (Å²) in [4.78, 5) is 38.7. The van der Waals surface area contributed by atoms with Crippen molar-refractivity contribution in [3.63, 3.8) is 0 Å². The molecule has 0 unspecified atom stereocenters. The maximum Gasteiger partial charge on any atom is 0.288 e. The number of aryl methyl sites for hydroxylation is 2. The van der Waals surface area contributed by atoms with Gasteiger partial charge in [0.2, 0.25) is 5.91 Å². The van der Waals surface area contributed by atoms with Crippen molar-refractivity contribution in [1.29, 1.82) is 0 Å². The molecule has 0 radical (unpaired) electrons. The van der Waals surface area contributed by atoms with Crippen molar-refractivity contribution in [2.24, 2.45) is 5.92 Å². The number of hydrogen-bond donors (Lipinski definition) is 2. The number of nitrogens with zero attached hydrogens (tertiary/aromatic N) is 2. The summed E-state index contributed by atoms with van der Waals surface area (Å²) in [7, 11) is 0. The van der Waals surface area contributed by atoms with E-state index >= 15 is 0 Å². The molecule has 3 rings (SSSR count). The van der Waals surface area contributed by atoms with Crippen LogP contribution in [0, 0.1) is 29.9 Å². The number of pyridine rings is 1. The van der Waals surface area contributed by atoms with E-state index in [0.29, 0.717) is 17.1 Å². The van der Waals surface area contributed by atoms with E-state index in [4.69, 9.17) is 0 Å². The Labute approximate surface area is 149 Å². The van der Waals surface area contributed by atoms with Gasteiger partial charge >= 0.3 is 0 Å². The largest absolute Gasteiger partial charge is 0.326 e. The van der Waals surface area contributed by atoms with Crippen LogP contribution in [0.15, 0.2) is 30.5 Å². The zero-order valence-corrected chi connectivity index (χ0v) is 14.4. The Bertz CT molecular complexity index is 906. The molecule has 0 atom stereocenters. The van der Waals surface area contributed by atoms with Gasteiger partial charge < -0.3 is 10.6 Å². The van der Waals surface area contributed by atoms with Crippen molar-refractivity contribution in [2.75, 3.05) is 10.6 Å². The number of nitrogens with one attached hydrogen (secondary N) is 2. The highest BCUT2D eigenvalue weighted by atomic mass is 16.6. The molecular formula is C18H18N4O4. The highest BCUT2D eigenvalue weighted by molar-refractivity contribution is 6.06. The van der Waals surface area contributed by atoms with Crippen LogP contribution in [0.4, 0.5) is 17.1 Å². The molecule has 2 N–H and O–H groups in total. The second-order valence-electron chi connectivity index (χ2n) is 6.33. The van der Waals surface area contributed by atoms with Crippen molar-refractivity contribution in [2.45, 2.75) is 26.7 Å². The molecule has 1 heterocycles. The van der Waals surface area contributed by atoms with E-state index in [2.05, 4.69) is 15.6 Å². The quantitative estimate of drug-likeness (QED) is 0.632. The molecule has 1 fully saturated rings. The minimum absolute atomic E-state index is 0.0233. The highest BCUT2D eigenvalue weighted by Gasteiger charge is 2.29. The third-order valence-electron chi connectivity index (χ3n) is 4.23. The van der Waals surface area contributed by atoms with Gasteiger partial charge in [-0.1, -0.05) is 6.07 Å². The fourth-order valence-electron chi connectivity index (χ4n) is 2.47. The molecule has 1 saturated carbocycles.